The van der Waals surface area contributed by atoms with Crippen molar-refractivity contribution in [3.05, 3.63) is 35.4 Å². The maximum Gasteiger partial charge on any atom is 0.191 e. The minimum Gasteiger partial charge on any atom is -0.380 e. The summed E-state index contributed by atoms with van der Waals surface area (Å²) in [6.45, 7) is 8.06. The fourth-order valence-electron chi connectivity index (χ4n) is 1.99. The Balaban J connectivity index is 2.20. The van der Waals surface area contributed by atoms with Gasteiger partial charge in [0.15, 0.2) is 5.96 Å². The average molecular weight is 321 g/mol. The monoisotopic (exact) mass is 321 g/mol. The molecular formula is C18H31N3O2. The van der Waals surface area contributed by atoms with E-state index in [0.717, 1.165) is 32.1 Å². The highest BCUT2D eigenvalue weighted by Crippen LogP contribution is 2.05. The molecule has 5 heteroatoms. The predicted molar refractivity (Wildman–Crippen MR) is 95.6 cm³/mol. The molecule has 0 spiro atoms. The van der Waals surface area contributed by atoms with Gasteiger partial charge < -0.3 is 20.1 Å². The summed E-state index contributed by atoms with van der Waals surface area (Å²) in [5.74, 6) is 1.48. The third-order valence-electron chi connectivity index (χ3n) is 3.40. The van der Waals surface area contributed by atoms with Crippen LogP contribution in [0.2, 0.25) is 0 Å². The molecule has 0 aliphatic carbocycles. The summed E-state index contributed by atoms with van der Waals surface area (Å²) in [5, 5.41) is 6.55. The van der Waals surface area contributed by atoms with Gasteiger partial charge in [-0.05, 0) is 23.5 Å². The number of aliphatic imine (C=N–C) groups is 1. The van der Waals surface area contributed by atoms with Crippen LogP contribution >= 0.6 is 0 Å². The van der Waals surface area contributed by atoms with E-state index < -0.39 is 0 Å². The summed E-state index contributed by atoms with van der Waals surface area (Å²) in [7, 11) is 3.48. The molecule has 130 valence electrons. The molecule has 5 nitrogen and oxygen atoms in total. The second-order valence-electron chi connectivity index (χ2n) is 5.90. The SMILES string of the molecule is CN=C(NCCOCCC(C)C)NCc1ccc(COC)cc1. The molecule has 1 aromatic carbocycles. The molecule has 0 radical (unpaired) electrons. The van der Waals surface area contributed by atoms with Gasteiger partial charge in [-0.2, -0.15) is 0 Å². The fraction of sp³-hybridized carbons (Fsp3) is 0.611. The Labute approximate surface area is 140 Å². The van der Waals surface area contributed by atoms with Gasteiger partial charge >= 0.3 is 0 Å². The molecule has 0 aliphatic heterocycles. The second kappa shape index (κ2) is 11.9. The lowest BCUT2D eigenvalue weighted by Gasteiger charge is -2.12. The van der Waals surface area contributed by atoms with Crippen LogP contribution in [0.15, 0.2) is 29.3 Å². The number of hydrogen-bond donors (Lipinski definition) is 2. The molecule has 0 bridgehead atoms. The molecule has 0 amide bonds. The number of nitrogens with one attached hydrogen (secondary N) is 2. The van der Waals surface area contributed by atoms with Gasteiger partial charge in [0.05, 0.1) is 13.2 Å². The lowest BCUT2D eigenvalue weighted by molar-refractivity contribution is 0.128. The lowest BCUT2D eigenvalue weighted by atomic mass is 10.1. The van der Waals surface area contributed by atoms with E-state index in [1.54, 1.807) is 14.2 Å². The van der Waals surface area contributed by atoms with E-state index >= 15 is 0 Å². The standard InChI is InChI=1S/C18H31N3O2/c1-15(2)9-11-23-12-10-20-18(19-3)21-13-16-5-7-17(8-6-16)14-22-4/h5-8,15H,9-14H2,1-4H3,(H2,19,20,21). The molecule has 0 aromatic heterocycles. The van der Waals surface area contributed by atoms with E-state index in [9.17, 15) is 0 Å². The van der Waals surface area contributed by atoms with Crippen molar-refractivity contribution in [2.45, 2.75) is 33.4 Å². The number of rotatable bonds is 10. The normalized spacial score (nSPS) is 11.8. The first-order valence-electron chi connectivity index (χ1n) is 8.24. The zero-order valence-electron chi connectivity index (χ0n) is 14.9. The second-order valence-corrected chi connectivity index (χ2v) is 5.90. The molecule has 0 saturated heterocycles. The van der Waals surface area contributed by atoms with E-state index in [0.29, 0.717) is 19.1 Å². The van der Waals surface area contributed by atoms with Crippen LogP contribution in [-0.4, -0.2) is 39.9 Å². The van der Waals surface area contributed by atoms with Crippen molar-refractivity contribution in [1.82, 2.24) is 10.6 Å². The Morgan fingerprint density at radius 2 is 1.78 bits per heavy atom. The summed E-state index contributed by atoms with van der Waals surface area (Å²) >= 11 is 0. The Hall–Kier alpha value is -1.59. The molecule has 0 fully saturated rings. The van der Waals surface area contributed by atoms with E-state index in [4.69, 9.17) is 9.47 Å². The fourth-order valence-corrected chi connectivity index (χ4v) is 1.99. The number of guanidine groups is 1. The highest BCUT2D eigenvalue weighted by molar-refractivity contribution is 5.79. The van der Waals surface area contributed by atoms with Crippen molar-refractivity contribution >= 4 is 5.96 Å². The van der Waals surface area contributed by atoms with Crippen LogP contribution in [0, 0.1) is 5.92 Å². The van der Waals surface area contributed by atoms with Gasteiger partial charge in [-0.15, -0.1) is 0 Å². The maximum atomic E-state index is 5.58. The summed E-state index contributed by atoms with van der Waals surface area (Å²) in [4.78, 5) is 4.22. The van der Waals surface area contributed by atoms with Crippen LogP contribution in [0.5, 0.6) is 0 Å². The number of hydrogen-bond acceptors (Lipinski definition) is 3. The first-order chi connectivity index (χ1) is 11.2. The van der Waals surface area contributed by atoms with Crippen molar-refractivity contribution < 1.29 is 9.47 Å². The summed E-state index contributed by atoms with van der Waals surface area (Å²) in [6, 6.07) is 8.37. The number of ether oxygens (including phenoxy) is 2. The van der Waals surface area contributed by atoms with Gasteiger partial charge in [-0.25, -0.2) is 0 Å². The smallest absolute Gasteiger partial charge is 0.191 e. The van der Waals surface area contributed by atoms with E-state index in [-0.39, 0.29) is 0 Å². The quantitative estimate of drug-likeness (QED) is 0.395. The topological polar surface area (TPSA) is 54.9 Å². The third kappa shape index (κ3) is 9.21. The van der Waals surface area contributed by atoms with Gasteiger partial charge in [0.2, 0.25) is 0 Å². The first kappa shape index (κ1) is 19.5. The summed E-state index contributed by atoms with van der Waals surface area (Å²) in [5.41, 5.74) is 2.39. The van der Waals surface area contributed by atoms with Gasteiger partial charge in [0.25, 0.3) is 0 Å². The van der Waals surface area contributed by atoms with Gasteiger partial charge in [0, 0.05) is 33.9 Å². The van der Waals surface area contributed by atoms with Crippen molar-refractivity contribution in [2.75, 3.05) is 33.9 Å². The minimum absolute atomic E-state index is 0.647. The predicted octanol–water partition coefficient (Wildman–Crippen LogP) is 2.56. The summed E-state index contributed by atoms with van der Waals surface area (Å²) in [6.07, 6.45) is 1.10. The van der Waals surface area contributed by atoms with Gasteiger partial charge in [-0.1, -0.05) is 38.1 Å². The van der Waals surface area contributed by atoms with Crippen LogP contribution in [0.1, 0.15) is 31.4 Å². The lowest BCUT2D eigenvalue weighted by Crippen LogP contribution is -2.38. The Morgan fingerprint density at radius 1 is 1.09 bits per heavy atom. The molecule has 0 atom stereocenters. The average Bonchev–Trinajstić information content (AvgIpc) is 2.55. The zero-order chi connectivity index (χ0) is 16.9. The van der Waals surface area contributed by atoms with Crippen molar-refractivity contribution in [2.24, 2.45) is 10.9 Å². The zero-order valence-corrected chi connectivity index (χ0v) is 14.9. The highest BCUT2D eigenvalue weighted by atomic mass is 16.5. The Bertz CT molecular complexity index is 444. The van der Waals surface area contributed by atoms with E-state index in [1.807, 2.05) is 0 Å². The molecule has 0 heterocycles. The molecule has 2 N–H and O–H groups in total. The van der Waals surface area contributed by atoms with Crippen LogP contribution < -0.4 is 10.6 Å². The first-order valence-corrected chi connectivity index (χ1v) is 8.24. The van der Waals surface area contributed by atoms with Gasteiger partial charge in [0.1, 0.15) is 0 Å². The van der Waals surface area contributed by atoms with E-state index in [1.165, 1.54) is 11.1 Å². The molecule has 1 rings (SSSR count). The van der Waals surface area contributed by atoms with Crippen LogP contribution in [-0.2, 0) is 22.6 Å². The Morgan fingerprint density at radius 3 is 2.39 bits per heavy atom. The van der Waals surface area contributed by atoms with Gasteiger partial charge in [-0.3, -0.25) is 4.99 Å². The number of benzene rings is 1. The van der Waals surface area contributed by atoms with Crippen molar-refractivity contribution in [3.8, 4) is 0 Å². The molecule has 23 heavy (non-hydrogen) atoms. The van der Waals surface area contributed by atoms with Crippen molar-refractivity contribution in [1.29, 1.82) is 0 Å². The maximum absolute atomic E-state index is 5.58. The highest BCUT2D eigenvalue weighted by Gasteiger charge is 1.99. The molecule has 0 aliphatic rings. The molecule has 1 aromatic rings. The number of methoxy groups -OCH3 is 1. The minimum atomic E-state index is 0.647. The molecular weight excluding hydrogens is 290 g/mol. The Kier molecular flexibility index (Phi) is 10.1. The van der Waals surface area contributed by atoms with Crippen molar-refractivity contribution in [3.63, 3.8) is 0 Å². The molecule has 0 saturated carbocycles. The molecule has 0 unspecified atom stereocenters. The summed E-state index contributed by atoms with van der Waals surface area (Å²) < 4.78 is 10.7. The largest absolute Gasteiger partial charge is 0.380 e. The van der Waals surface area contributed by atoms with Crippen LogP contribution in [0.4, 0.5) is 0 Å². The number of nitrogens with zero attached hydrogens (tertiary/aromatic N) is 1. The van der Waals surface area contributed by atoms with Crippen LogP contribution in [0.25, 0.3) is 0 Å². The van der Waals surface area contributed by atoms with E-state index in [2.05, 4.69) is 53.7 Å². The third-order valence-corrected chi connectivity index (χ3v) is 3.40. The van der Waals surface area contributed by atoms with Crippen LogP contribution in [0.3, 0.4) is 0 Å².